The van der Waals surface area contributed by atoms with Crippen LogP contribution in [-0.2, 0) is 9.53 Å². The smallest absolute Gasteiger partial charge is 0.348 e. The second kappa shape index (κ2) is 6.38. The second-order valence-electron chi connectivity index (χ2n) is 4.18. The fourth-order valence-corrected chi connectivity index (χ4v) is 2.19. The van der Waals surface area contributed by atoms with Crippen LogP contribution in [0.2, 0.25) is 0 Å². The largest absolute Gasteiger partial charge is 0.475 e. The molecule has 1 aromatic rings. The maximum absolute atomic E-state index is 11.7. The van der Waals surface area contributed by atoms with Gasteiger partial charge in [0.05, 0.1) is 19.3 Å². The molecule has 1 aromatic carbocycles. The Morgan fingerprint density at radius 2 is 2.40 bits per heavy atom. The minimum atomic E-state index is -0.696. The van der Waals surface area contributed by atoms with E-state index in [0.717, 1.165) is 5.69 Å². The lowest BCUT2D eigenvalue weighted by Gasteiger charge is -2.35. The van der Waals surface area contributed by atoms with E-state index in [4.69, 9.17) is 21.7 Å². The highest BCUT2D eigenvalue weighted by molar-refractivity contribution is 7.80. The lowest BCUT2D eigenvalue weighted by molar-refractivity contribution is -0.148. The molecule has 0 unspecified atom stereocenters. The maximum atomic E-state index is 11.7. The number of hydrogen-bond acceptors (Lipinski definition) is 4. The van der Waals surface area contributed by atoms with Crippen LogP contribution in [0.5, 0.6) is 5.75 Å². The van der Waals surface area contributed by atoms with Crippen molar-refractivity contribution in [1.29, 1.82) is 0 Å². The first kappa shape index (κ1) is 14.3. The van der Waals surface area contributed by atoms with E-state index in [0.29, 0.717) is 24.0 Å². The van der Waals surface area contributed by atoms with Crippen LogP contribution < -0.4 is 15.0 Å². The number of nitrogens with one attached hydrogen (secondary N) is 1. The van der Waals surface area contributed by atoms with Crippen molar-refractivity contribution in [3.8, 4) is 5.75 Å². The van der Waals surface area contributed by atoms with Gasteiger partial charge >= 0.3 is 5.97 Å². The van der Waals surface area contributed by atoms with Crippen molar-refractivity contribution in [3.63, 3.8) is 0 Å². The molecule has 20 heavy (non-hydrogen) atoms. The summed E-state index contributed by atoms with van der Waals surface area (Å²) in [6.45, 7) is 4.51. The molecule has 1 N–H and O–H groups in total. The van der Waals surface area contributed by atoms with Crippen LogP contribution in [0, 0.1) is 0 Å². The Hall–Kier alpha value is -2.08. The average Bonchev–Trinajstić information content (AvgIpc) is 2.50. The molecule has 0 bridgehead atoms. The van der Waals surface area contributed by atoms with Crippen LogP contribution in [0.3, 0.4) is 0 Å². The van der Waals surface area contributed by atoms with Crippen molar-refractivity contribution < 1.29 is 14.3 Å². The molecule has 0 fully saturated rings. The van der Waals surface area contributed by atoms with E-state index in [1.54, 1.807) is 12.1 Å². The Balaban J connectivity index is 2.27. The molecule has 0 saturated heterocycles. The first-order chi connectivity index (χ1) is 9.67. The third-order valence-corrected chi connectivity index (χ3v) is 3.25. The molecule has 1 heterocycles. The van der Waals surface area contributed by atoms with E-state index in [2.05, 4.69) is 11.9 Å². The van der Waals surface area contributed by atoms with Gasteiger partial charge in [-0.2, -0.15) is 0 Å². The Kier molecular flexibility index (Phi) is 4.57. The molecule has 1 aliphatic heterocycles. The maximum Gasteiger partial charge on any atom is 0.348 e. The molecule has 5 nitrogen and oxygen atoms in total. The summed E-state index contributed by atoms with van der Waals surface area (Å²) in [7, 11) is 1.34. The summed E-state index contributed by atoms with van der Waals surface area (Å²) in [5.41, 5.74) is 0.828. The molecule has 0 radical (unpaired) electrons. The first-order valence-corrected chi connectivity index (χ1v) is 6.58. The predicted molar refractivity (Wildman–Crippen MR) is 81.0 cm³/mol. The molecule has 6 heteroatoms. The van der Waals surface area contributed by atoms with Crippen molar-refractivity contribution in [2.24, 2.45) is 0 Å². The molecule has 1 atom stereocenters. The van der Waals surface area contributed by atoms with Gasteiger partial charge in [0.2, 0.25) is 6.10 Å². The van der Waals surface area contributed by atoms with E-state index in [1.165, 1.54) is 7.11 Å². The van der Waals surface area contributed by atoms with Crippen molar-refractivity contribution >= 4 is 29.0 Å². The van der Waals surface area contributed by atoms with Crippen molar-refractivity contribution in [1.82, 2.24) is 5.32 Å². The van der Waals surface area contributed by atoms with Crippen molar-refractivity contribution in [2.45, 2.75) is 6.10 Å². The number of fused-ring (bicyclic) bond motifs is 1. The van der Waals surface area contributed by atoms with Gasteiger partial charge in [0.25, 0.3) is 0 Å². The third kappa shape index (κ3) is 2.91. The predicted octanol–water partition coefficient (Wildman–Crippen LogP) is 1.49. The van der Waals surface area contributed by atoms with Crippen LogP contribution in [0.4, 0.5) is 5.69 Å². The van der Waals surface area contributed by atoms with E-state index in [1.807, 2.05) is 23.1 Å². The van der Waals surface area contributed by atoms with E-state index < -0.39 is 12.1 Å². The molecular formula is C14H16N2O3S. The quantitative estimate of drug-likeness (QED) is 0.517. The number of carbonyl (C=O) groups is 1. The zero-order valence-electron chi connectivity index (χ0n) is 11.2. The summed E-state index contributed by atoms with van der Waals surface area (Å²) in [4.78, 5) is 13.5. The summed E-state index contributed by atoms with van der Waals surface area (Å²) in [6, 6.07) is 7.43. The second-order valence-corrected chi connectivity index (χ2v) is 4.57. The van der Waals surface area contributed by atoms with E-state index in [9.17, 15) is 4.79 Å². The summed E-state index contributed by atoms with van der Waals surface area (Å²) >= 11 is 5.35. The molecular weight excluding hydrogens is 276 g/mol. The number of ether oxygens (including phenoxy) is 2. The number of nitrogens with zero attached hydrogens (tertiary/aromatic N) is 1. The summed E-state index contributed by atoms with van der Waals surface area (Å²) < 4.78 is 10.4. The summed E-state index contributed by atoms with van der Waals surface area (Å²) in [5, 5.41) is 3.57. The number of thiocarbonyl (C=S) groups is 1. The number of hydrogen-bond donors (Lipinski definition) is 1. The molecule has 0 saturated carbocycles. The van der Waals surface area contributed by atoms with Crippen LogP contribution in [-0.4, -0.2) is 37.4 Å². The fourth-order valence-electron chi connectivity index (χ4n) is 1.94. The lowest BCUT2D eigenvalue weighted by Crippen LogP contribution is -2.50. The van der Waals surface area contributed by atoms with Gasteiger partial charge in [-0.15, -0.1) is 6.58 Å². The first-order valence-electron chi connectivity index (χ1n) is 6.17. The van der Waals surface area contributed by atoms with Gasteiger partial charge in [-0.1, -0.05) is 18.2 Å². The number of methoxy groups -OCH3 is 1. The molecule has 0 amide bonds. The molecule has 2 rings (SSSR count). The Morgan fingerprint density at radius 3 is 3.10 bits per heavy atom. The minimum Gasteiger partial charge on any atom is -0.475 e. The number of benzene rings is 1. The summed E-state index contributed by atoms with van der Waals surface area (Å²) in [6.07, 6.45) is 1.02. The minimum absolute atomic E-state index is 0.312. The van der Waals surface area contributed by atoms with Gasteiger partial charge in [0.15, 0.2) is 5.11 Å². The lowest BCUT2D eigenvalue weighted by atomic mass is 10.2. The Labute approximate surface area is 123 Å². The van der Waals surface area contributed by atoms with Gasteiger partial charge < -0.3 is 19.7 Å². The Bertz CT molecular complexity index is 533. The van der Waals surface area contributed by atoms with Gasteiger partial charge in [-0.25, -0.2) is 4.79 Å². The van der Waals surface area contributed by atoms with Crippen LogP contribution in [0.1, 0.15) is 0 Å². The molecule has 1 aliphatic rings. The number of carbonyl (C=O) groups excluding carboxylic acids is 1. The van der Waals surface area contributed by atoms with Gasteiger partial charge in [0, 0.05) is 6.54 Å². The average molecular weight is 292 g/mol. The standard InChI is InChI=1S/C14H16N2O3S/c1-3-8-15-14(20)16-9-12(13(17)18-2)19-11-7-5-4-6-10(11)16/h3-7,12H,1,8-9H2,2H3,(H,15,20)/t12-/m1/s1. The van der Waals surface area contributed by atoms with Crippen molar-refractivity contribution in [3.05, 3.63) is 36.9 Å². The number of anilines is 1. The van der Waals surface area contributed by atoms with Gasteiger partial charge in [-0.05, 0) is 24.4 Å². The van der Waals surface area contributed by atoms with E-state index >= 15 is 0 Å². The van der Waals surface area contributed by atoms with Crippen LogP contribution in [0.25, 0.3) is 0 Å². The molecule has 0 spiro atoms. The molecule has 0 aromatic heterocycles. The normalized spacial score (nSPS) is 16.6. The number of esters is 1. The van der Waals surface area contributed by atoms with E-state index in [-0.39, 0.29) is 0 Å². The fraction of sp³-hybridized carbons (Fsp3) is 0.286. The highest BCUT2D eigenvalue weighted by Crippen LogP contribution is 2.33. The van der Waals surface area contributed by atoms with Crippen LogP contribution in [0.15, 0.2) is 36.9 Å². The zero-order chi connectivity index (χ0) is 14.5. The number of para-hydroxylation sites is 2. The molecule has 0 aliphatic carbocycles. The van der Waals surface area contributed by atoms with Crippen molar-refractivity contribution in [2.75, 3.05) is 25.1 Å². The monoisotopic (exact) mass is 292 g/mol. The highest BCUT2D eigenvalue weighted by atomic mass is 32.1. The Morgan fingerprint density at radius 1 is 1.65 bits per heavy atom. The molecule has 106 valence electrons. The van der Waals surface area contributed by atoms with Crippen LogP contribution >= 0.6 is 12.2 Å². The highest BCUT2D eigenvalue weighted by Gasteiger charge is 2.32. The van der Waals surface area contributed by atoms with Gasteiger partial charge in [0.1, 0.15) is 5.75 Å². The number of rotatable bonds is 3. The third-order valence-electron chi connectivity index (χ3n) is 2.88. The summed E-state index contributed by atoms with van der Waals surface area (Å²) in [5.74, 6) is 0.188. The topological polar surface area (TPSA) is 50.8 Å². The van der Waals surface area contributed by atoms with Gasteiger partial charge in [-0.3, -0.25) is 0 Å². The SMILES string of the molecule is C=CCNC(=S)N1C[C@H](C(=O)OC)Oc2ccccc21. The zero-order valence-corrected chi connectivity index (χ0v) is 12.0.